The van der Waals surface area contributed by atoms with Crippen molar-refractivity contribution in [3.8, 4) is 0 Å². The smallest absolute Gasteiger partial charge is 0.339 e. The van der Waals surface area contributed by atoms with Gasteiger partial charge in [-0.2, -0.15) is 4.31 Å². The van der Waals surface area contributed by atoms with E-state index in [-0.39, 0.29) is 11.4 Å². The van der Waals surface area contributed by atoms with Crippen LogP contribution in [0.25, 0.3) is 0 Å². The van der Waals surface area contributed by atoms with E-state index >= 15 is 0 Å². The molecule has 4 rings (SSSR count). The summed E-state index contributed by atoms with van der Waals surface area (Å²) in [7, 11) is -2.76. The van der Waals surface area contributed by atoms with Gasteiger partial charge in [0.25, 0.3) is 0 Å². The third-order valence-corrected chi connectivity index (χ3v) is 9.77. The van der Waals surface area contributed by atoms with Crippen molar-refractivity contribution in [3.05, 3.63) is 137 Å². The lowest BCUT2D eigenvalue weighted by molar-refractivity contribution is -0.171. The molecule has 43 heavy (non-hydrogen) atoms. The van der Waals surface area contributed by atoms with Crippen LogP contribution in [-0.2, 0) is 30.8 Å². The average Bonchev–Trinajstić information content (AvgIpc) is 2.99. The lowest BCUT2D eigenvalue weighted by Crippen LogP contribution is -2.44. The minimum Gasteiger partial charge on any atom is -0.454 e. The maximum atomic E-state index is 14.6. The quantitative estimate of drug-likeness (QED) is 0.194. The van der Waals surface area contributed by atoms with Crippen LogP contribution >= 0.6 is 0 Å². The van der Waals surface area contributed by atoms with E-state index < -0.39 is 40.3 Å². The zero-order chi connectivity index (χ0) is 31.1. The molecule has 0 amide bonds. The second kappa shape index (κ2) is 14.1. The third-order valence-electron chi connectivity index (χ3n) is 7.53. The molecule has 8 heteroatoms. The van der Waals surface area contributed by atoms with E-state index in [0.717, 1.165) is 11.1 Å². The van der Waals surface area contributed by atoms with Crippen molar-refractivity contribution >= 4 is 16.0 Å². The number of methoxy groups -OCH3 is 1. The molecule has 0 saturated heterocycles. The first-order chi connectivity index (χ1) is 20.5. The molecule has 0 aliphatic heterocycles. The second-order valence-electron chi connectivity index (χ2n) is 10.8. The van der Waals surface area contributed by atoms with Crippen LogP contribution in [0.5, 0.6) is 0 Å². The van der Waals surface area contributed by atoms with Crippen LogP contribution in [0, 0.1) is 20.8 Å². The summed E-state index contributed by atoms with van der Waals surface area (Å²) >= 11 is 0. The number of rotatable bonds is 12. The molecule has 0 aliphatic rings. The van der Waals surface area contributed by atoms with Gasteiger partial charge in [0.1, 0.15) is 12.2 Å². The van der Waals surface area contributed by atoms with Gasteiger partial charge in [0, 0.05) is 13.7 Å². The summed E-state index contributed by atoms with van der Waals surface area (Å²) in [6.07, 6.45) is -3.63. The summed E-state index contributed by atoms with van der Waals surface area (Å²) in [6, 6.07) is 29.9. The molecule has 0 radical (unpaired) electrons. The Balaban J connectivity index is 1.78. The molecule has 0 fully saturated rings. The van der Waals surface area contributed by atoms with Crippen molar-refractivity contribution in [1.29, 1.82) is 0 Å². The predicted octanol–water partition coefficient (Wildman–Crippen LogP) is 6.22. The van der Waals surface area contributed by atoms with E-state index in [1.165, 1.54) is 11.4 Å². The number of sulfonamides is 1. The number of aliphatic hydroxyl groups excluding tert-OH is 1. The normalized spacial score (nSPS) is 14.6. The molecule has 0 spiro atoms. The fraction of sp³-hybridized carbons (Fsp3) is 0.286. The van der Waals surface area contributed by atoms with Gasteiger partial charge < -0.3 is 14.6 Å². The summed E-state index contributed by atoms with van der Waals surface area (Å²) in [4.78, 5) is 13.9. The van der Waals surface area contributed by atoms with Gasteiger partial charge in [0.05, 0.1) is 10.9 Å². The maximum Gasteiger partial charge on any atom is 0.339 e. The van der Waals surface area contributed by atoms with Crippen molar-refractivity contribution < 1.29 is 27.8 Å². The minimum atomic E-state index is -4.09. The van der Waals surface area contributed by atoms with Crippen LogP contribution in [0.2, 0.25) is 0 Å². The molecule has 226 valence electrons. The van der Waals surface area contributed by atoms with Crippen LogP contribution in [0.3, 0.4) is 0 Å². The van der Waals surface area contributed by atoms with Gasteiger partial charge in [0.2, 0.25) is 10.0 Å². The number of benzene rings is 4. The summed E-state index contributed by atoms with van der Waals surface area (Å²) in [5.41, 5.74) is 4.14. The van der Waals surface area contributed by atoms with E-state index in [0.29, 0.717) is 22.3 Å². The second-order valence-corrected chi connectivity index (χ2v) is 12.6. The number of carbonyl (C=O) groups excluding carboxylic acids is 1. The molecule has 1 N–H and O–H groups in total. The van der Waals surface area contributed by atoms with Gasteiger partial charge in [-0.25, -0.2) is 13.2 Å². The average molecular weight is 602 g/mol. The fourth-order valence-corrected chi connectivity index (χ4v) is 7.55. The van der Waals surface area contributed by atoms with Crippen LogP contribution in [-0.4, -0.2) is 43.1 Å². The Labute approximate surface area is 254 Å². The number of carbonyl (C=O) groups is 1. The highest BCUT2D eigenvalue weighted by Gasteiger charge is 2.40. The third kappa shape index (κ3) is 7.40. The Morgan fingerprint density at radius 3 is 1.81 bits per heavy atom. The molecule has 0 bridgehead atoms. The molecule has 0 heterocycles. The van der Waals surface area contributed by atoms with Gasteiger partial charge in [-0.1, -0.05) is 109 Å². The largest absolute Gasteiger partial charge is 0.454 e. The standard InChI is InChI=1S/C35H39NO6S/c1-24-21-25(2)34(26(3)22-24)43(39,40)36(23-28-15-9-6-10-16-28)27(4)32(30-19-13-8-14-20-30)42-35(38)33(41-5)31(37)29-17-11-7-12-18-29/h6-22,27,31-33,37H,23H2,1-5H3/t27-,31-,32-,33+/m1/s1. The molecule has 7 nitrogen and oxygen atoms in total. The van der Waals surface area contributed by atoms with E-state index in [2.05, 4.69) is 0 Å². The highest BCUT2D eigenvalue weighted by molar-refractivity contribution is 7.89. The molecule has 0 saturated carbocycles. The Hall–Kier alpha value is -3.82. The van der Waals surface area contributed by atoms with Crippen molar-refractivity contribution in [1.82, 2.24) is 4.31 Å². The molecule has 4 aromatic rings. The first-order valence-electron chi connectivity index (χ1n) is 14.2. The number of hydrogen-bond donors (Lipinski definition) is 1. The Morgan fingerprint density at radius 1 is 0.814 bits per heavy atom. The number of nitrogens with zero attached hydrogens (tertiary/aromatic N) is 1. The van der Waals surface area contributed by atoms with Crippen molar-refractivity contribution in [3.63, 3.8) is 0 Å². The summed E-state index contributed by atoms with van der Waals surface area (Å²) in [6.45, 7) is 7.31. The molecule has 0 aliphatic carbocycles. The minimum absolute atomic E-state index is 0.0539. The monoisotopic (exact) mass is 601 g/mol. The molecule has 4 aromatic carbocycles. The van der Waals surface area contributed by atoms with Crippen molar-refractivity contribution in [2.75, 3.05) is 7.11 Å². The Morgan fingerprint density at radius 2 is 1.30 bits per heavy atom. The molecule has 4 atom stereocenters. The molecule has 0 aromatic heterocycles. The first-order valence-corrected chi connectivity index (χ1v) is 15.6. The van der Waals surface area contributed by atoms with Gasteiger partial charge in [0.15, 0.2) is 6.10 Å². The zero-order valence-electron chi connectivity index (χ0n) is 25.2. The molecular formula is C35H39NO6S. The molecule has 0 unspecified atom stereocenters. The topological polar surface area (TPSA) is 93.1 Å². The highest BCUT2D eigenvalue weighted by atomic mass is 32.2. The SMILES string of the molecule is CO[C@H](C(=O)O[C@@H](c1ccccc1)[C@@H](C)N(Cc1ccccc1)S(=O)(=O)c1c(C)cc(C)cc1C)[C@H](O)c1ccccc1. The first kappa shape index (κ1) is 32.1. The van der Waals surface area contributed by atoms with Gasteiger partial charge in [-0.3, -0.25) is 0 Å². The predicted molar refractivity (Wildman–Crippen MR) is 167 cm³/mol. The van der Waals surface area contributed by atoms with E-state index in [1.807, 2.05) is 61.5 Å². The maximum absolute atomic E-state index is 14.6. The Bertz CT molecular complexity index is 1590. The van der Waals surface area contributed by atoms with E-state index in [9.17, 15) is 18.3 Å². The number of aliphatic hydroxyl groups is 1. The summed E-state index contributed by atoms with van der Waals surface area (Å²) in [5.74, 6) is -0.806. The van der Waals surface area contributed by atoms with E-state index in [1.54, 1.807) is 69.3 Å². The molecular weight excluding hydrogens is 562 g/mol. The van der Waals surface area contributed by atoms with Crippen molar-refractivity contribution in [2.24, 2.45) is 0 Å². The summed E-state index contributed by atoms with van der Waals surface area (Å²) < 4.78 is 42.0. The highest BCUT2D eigenvalue weighted by Crippen LogP contribution is 2.34. The van der Waals surface area contributed by atoms with Gasteiger partial charge >= 0.3 is 5.97 Å². The zero-order valence-corrected chi connectivity index (χ0v) is 26.0. The van der Waals surface area contributed by atoms with Gasteiger partial charge in [-0.05, 0) is 55.5 Å². The number of hydrogen-bond acceptors (Lipinski definition) is 6. The lowest BCUT2D eigenvalue weighted by atomic mass is 10.0. The van der Waals surface area contributed by atoms with Crippen LogP contribution in [0.1, 0.15) is 52.5 Å². The van der Waals surface area contributed by atoms with Crippen LogP contribution in [0.15, 0.2) is 108 Å². The fourth-order valence-electron chi connectivity index (χ4n) is 5.51. The Kier molecular flexibility index (Phi) is 10.5. The van der Waals surface area contributed by atoms with Crippen LogP contribution in [0.4, 0.5) is 0 Å². The van der Waals surface area contributed by atoms with Crippen molar-refractivity contribution in [2.45, 2.75) is 63.5 Å². The lowest BCUT2D eigenvalue weighted by Gasteiger charge is -2.35. The summed E-state index contributed by atoms with van der Waals surface area (Å²) in [5, 5.41) is 11.0. The van der Waals surface area contributed by atoms with Gasteiger partial charge in [-0.15, -0.1) is 0 Å². The van der Waals surface area contributed by atoms with E-state index in [4.69, 9.17) is 9.47 Å². The van der Waals surface area contributed by atoms with Crippen LogP contribution < -0.4 is 0 Å². The number of ether oxygens (including phenoxy) is 2. The number of aryl methyl sites for hydroxylation is 3. The number of esters is 1.